The number of nitrogens with zero attached hydrogens (tertiary/aromatic N) is 2. The van der Waals surface area contributed by atoms with E-state index in [-0.39, 0.29) is 28.7 Å². The Hall–Kier alpha value is -1.09. The van der Waals surface area contributed by atoms with Crippen LogP contribution < -0.4 is 0 Å². The van der Waals surface area contributed by atoms with Crippen molar-refractivity contribution < 1.29 is 18.6 Å². The van der Waals surface area contributed by atoms with Crippen LogP contribution in [0.25, 0.3) is 0 Å². The van der Waals surface area contributed by atoms with Gasteiger partial charge in [0.2, 0.25) is 0 Å². The molecule has 0 N–H and O–H groups in total. The molecule has 4 atom stereocenters. The average molecular weight is 298 g/mol. The van der Waals surface area contributed by atoms with E-state index in [0.717, 1.165) is 0 Å². The molecule has 19 heavy (non-hydrogen) atoms. The maximum absolute atomic E-state index is 11.4. The smallest absolute Gasteiger partial charge is 0.299 e. The lowest BCUT2D eigenvalue weighted by Gasteiger charge is -2.23. The molecule has 0 spiro atoms. The van der Waals surface area contributed by atoms with Crippen LogP contribution in [0.1, 0.15) is 6.92 Å². The lowest BCUT2D eigenvalue weighted by Crippen LogP contribution is -2.43. The fourth-order valence-corrected chi connectivity index (χ4v) is 3.94. The summed E-state index contributed by atoms with van der Waals surface area (Å²) >= 11 is 0. The fourth-order valence-electron chi connectivity index (χ4n) is 2.63. The second-order valence-electron chi connectivity index (χ2n) is 4.78. The van der Waals surface area contributed by atoms with Gasteiger partial charge in [-0.05, 0) is 13.0 Å². The van der Waals surface area contributed by atoms with Crippen LogP contribution in [-0.2, 0) is 18.6 Å². The van der Waals surface area contributed by atoms with Crippen LogP contribution in [0.15, 0.2) is 29.5 Å². The normalized spacial score (nSPS) is 40.3. The summed E-state index contributed by atoms with van der Waals surface area (Å²) in [5.41, 5.74) is -0.554. The topological polar surface area (TPSA) is 68.2 Å². The first kappa shape index (κ1) is 12.9. The van der Waals surface area contributed by atoms with Crippen LogP contribution in [0, 0.1) is 0 Å². The highest BCUT2D eigenvalue weighted by atomic mass is 31.1. The van der Waals surface area contributed by atoms with Crippen LogP contribution >= 0.6 is 16.9 Å². The molecule has 3 aliphatic heterocycles. The Labute approximate surface area is 113 Å². The maximum Gasteiger partial charge on any atom is 0.299 e. The Morgan fingerprint density at radius 3 is 3.05 bits per heavy atom. The van der Waals surface area contributed by atoms with Crippen molar-refractivity contribution in [3.63, 3.8) is 0 Å². The number of amidine groups is 1. The Balaban J connectivity index is 1.96. The van der Waals surface area contributed by atoms with Crippen molar-refractivity contribution in [3.05, 3.63) is 24.6 Å². The molecule has 0 aromatic rings. The second kappa shape index (κ2) is 4.48. The van der Waals surface area contributed by atoms with Crippen LogP contribution in [-0.4, -0.2) is 40.7 Å². The minimum absolute atomic E-state index is 0.0278. The minimum Gasteiger partial charge on any atom is -0.452 e. The van der Waals surface area contributed by atoms with Crippen LogP contribution in [0.5, 0.6) is 0 Å². The first-order valence-corrected chi connectivity index (χ1v) is 7.68. The monoisotopic (exact) mass is 298 g/mol. The second-order valence-corrected chi connectivity index (χ2v) is 6.17. The molecule has 3 rings (SSSR count). The molecular weight excluding hydrogens is 286 g/mol. The molecule has 100 valence electrons. The fraction of sp³-hybridized carbons (Fsp3) is 0.545. The van der Waals surface area contributed by atoms with Crippen molar-refractivity contribution in [1.29, 1.82) is 0 Å². The summed E-state index contributed by atoms with van der Waals surface area (Å²) in [5.74, 6) is 0. The van der Waals surface area contributed by atoms with Gasteiger partial charge < -0.3 is 9.47 Å². The molecule has 8 heteroatoms. The van der Waals surface area contributed by atoms with E-state index in [0.29, 0.717) is 17.9 Å². The first-order valence-electron chi connectivity index (χ1n) is 5.80. The molecule has 2 fully saturated rings. The van der Waals surface area contributed by atoms with Gasteiger partial charge in [-0.3, -0.25) is 14.0 Å². The van der Waals surface area contributed by atoms with Gasteiger partial charge in [-0.25, -0.2) is 0 Å². The Morgan fingerprint density at radius 2 is 2.37 bits per heavy atom. The van der Waals surface area contributed by atoms with Gasteiger partial charge in [-0.2, -0.15) is 4.99 Å². The minimum atomic E-state index is -0.771. The number of aliphatic imine (C=N–C) groups is 1. The van der Waals surface area contributed by atoms with E-state index in [4.69, 9.17) is 9.47 Å². The number of hydrogen-bond acceptors (Lipinski definition) is 6. The summed E-state index contributed by atoms with van der Waals surface area (Å²) in [6, 6.07) is 0.409. The standard InChI is InChI=1S/C11H12N2O4P2/c1-6-3-4-13-9-11(2,17-10(13)12-6)8(19-15)7(16-9)5-18-14/h3-4,7-9H,1,5H2,2H3/t7-,8-,9-,11+/m1/s1. The maximum atomic E-state index is 11.4. The van der Waals surface area contributed by atoms with Gasteiger partial charge in [0, 0.05) is 6.20 Å². The van der Waals surface area contributed by atoms with Gasteiger partial charge in [0.05, 0.1) is 18.0 Å². The van der Waals surface area contributed by atoms with Gasteiger partial charge >= 0.3 is 0 Å². The van der Waals surface area contributed by atoms with E-state index in [9.17, 15) is 9.13 Å². The Bertz CT molecular complexity index is 521. The zero-order valence-corrected chi connectivity index (χ0v) is 12.0. The quantitative estimate of drug-likeness (QED) is 0.747. The van der Waals surface area contributed by atoms with E-state index in [2.05, 4.69) is 11.6 Å². The number of fused-ring (bicyclic) bond motifs is 3. The molecule has 0 unspecified atom stereocenters. The first-order chi connectivity index (χ1) is 9.10. The van der Waals surface area contributed by atoms with E-state index in [1.807, 2.05) is 6.92 Å². The van der Waals surface area contributed by atoms with Crippen molar-refractivity contribution in [2.75, 3.05) is 6.16 Å². The third-order valence-electron chi connectivity index (χ3n) is 3.55. The van der Waals surface area contributed by atoms with Crippen molar-refractivity contribution >= 4 is 22.9 Å². The highest BCUT2D eigenvalue weighted by Crippen LogP contribution is 2.47. The number of allylic oxidation sites excluding steroid dienone is 1. The molecule has 0 aromatic carbocycles. The molecule has 0 aliphatic carbocycles. The molecular formula is C11H12N2O4P2. The third kappa shape index (κ3) is 1.78. The molecule has 6 nitrogen and oxygen atoms in total. The molecule has 0 bridgehead atoms. The zero-order chi connectivity index (χ0) is 13.6. The Kier molecular flexibility index (Phi) is 3.05. The summed E-state index contributed by atoms with van der Waals surface area (Å²) in [6.45, 7) is 5.59. The van der Waals surface area contributed by atoms with Gasteiger partial charge in [0.15, 0.2) is 28.7 Å². The average Bonchev–Trinajstić information content (AvgIpc) is 2.77. The number of rotatable bonds is 3. The molecule has 3 heterocycles. The summed E-state index contributed by atoms with van der Waals surface area (Å²) in [6.07, 6.45) is 3.07. The van der Waals surface area contributed by atoms with Crippen LogP contribution in [0.3, 0.4) is 0 Å². The summed E-state index contributed by atoms with van der Waals surface area (Å²) in [7, 11) is -0.107. The van der Waals surface area contributed by atoms with Gasteiger partial charge in [-0.1, -0.05) is 6.58 Å². The molecule has 0 saturated carbocycles. The van der Waals surface area contributed by atoms with Crippen molar-refractivity contribution in [2.24, 2.45) is 4.99 Å². The molecule has 0 aromatic heterocycles. The highest BCUT2D eigenvalue weighted by molar-refractivity contribution is 7.26. The third-order valence-corrected chi connectivity index (χ3v) is 5.13. The van der Waals surface area contributed by atoms with Crippen molar-refractivity contribution in [1.82, 2.24) is 4.90 Å². The molecule has 0 amide bonds. The lowest BCUT2D eigenvalue weighted by molar-refractivity contribution is -0.0289. The van der Waals surface area contributed by atoms with Gasteiger partial charge in [0.1, 0.15) is 5.66 Å². The van der Waals surface area contributed by atoms with Crippen LogP contribution in [0.4, 0.5) is 0 Å². The molecule has 2 saturated heterocycles. The zero-order valence-electron chi connectivity index (χ0n) is 10.2. The van der Waals surface area contributed by atoms with Crippen molar-refractivity contribution in [3.8, 4) is 0 Å². The molecule has 0 radical (unpaired) electrons. The van der Waals surface area contributed by atoms with E-state index in [1.54, 1.807) is 17.2 Å². The van der Waals surface area contributed by atoms with E-state index < -0.39 is 11.8 Å². The number of ether oxygens (including phenoxy) is 2. The predicted molar refractivity (Wildman–Crippen MR) is 69.6 cm³/mol. The predicted octanol–water partition coefficient (Wildman–Crippen LogP) is 2.15. The van der Waals surface area contributed by atoms with Gasteiger partial charge in [-0.15, -0.1) is 0 Å². The summed E-state index contributed by atoms with van der Waals surface area (Å²) < 4.78 is 33.9. The Morgan fingerprint density at radius 1 is 1.58 bits per heavy atom. The molecule has 3 aliphatic rings. The summed E-state index contributed by atoms with van der Waals surface area (Å²) in [4.78, 5) is 5.96. The lowest BCUT2D eigenvalue weighted by atomic mass is 10.00. The summed E-state index contributed by atoms with van der Waals surface area (Å²) in [5, 5.41) is 0. The van der Waals surface area contributed by atoms with Crippen molar-refractivity contribution in [2.45, 2.75) is 30.5 Å². The SMILES string of the molecule is C=C1C=CN2C(=N1)O[C@@]1(C)[C@H](P=O)[C@@H](CP=O)O[C@@H]21. The van der Waals surface area contributed by atoms with E-state index >= 15 is 0 Å². The number of hydrogen-bond donors (Lipinski definition) is 0. The van der Waals surface area contributed by atoms with Gasteiger partial charge in [0.25, 0.3) is 6.02 Å². The van der Waals surface area contributed by atoms with E-state index in [1.165, 1.54) is 0 Å². The van der Waals surface area contributed by atoms with Crippen LogP contribution in [0.2, 0.25) is 0 Å². The largest absolute Gasteiger partial charge is 0.452 e. The highest BCUT2D eigenvalue weighted by Gasteiger charge is 2.63.